The van der Waals surface area contributed by atoms with Gasteiger partial charge in [-0.1, -0.05) is 18.2 Å². The SMILES string of the molecule is CC(C)N=C(NN)N(C)Cc1ccccc1F. The van der Waals surface area contributed by atoms with Crippen molar-refractivity contribution in [3.8, 4) is 0 Å². The van der Waals surface area contributed by atoms with Gasteiger partial charge in [0.05, 0.1) is 0 Å². The van der Waals surface area contributed by atoms with Gasteiger partial charge in [0.25, 0.3) is 0 Å². The molecule has 0 radical (unpaired) electrons. The average molecular weight is 238 g/mol. The number of rotatable bonds is 3. The van der Waals surface area contributed by atoms with Crippen molar-refractivity contribution in [3.05, 3.63) is 35.6 Å². The lowest BCUT2D eigenvalue weighted by Gasteiger charge is -2.21. The number of hydrazine groups is 1. The summed E-state index contributed by atoms with van der Waals surface area (Å²) >= 11 is 0. The van der Waals surface area contributed by atoms with Crippen molar-refractivity contribution in [1.82, 2.24) is 10.3 Å². The lowest BCUT2D eigenvalue weighted by atomic mass is 10.2. The Morgan fingerprint density at radius 1 is 1.47 bits per heavy atom. The maximum atomic E-state index is 13.5. The topological polar surface area (TPSA) is 53.6 Å². The zero-order chi connectivity index (χ0) is 12.8. The lowest BCUT2D eigenvalue weighted by Crippen LogP contribution is -2.43. The van der Waals surface area contributed by atoms with E-state index in [9.17, 15) is 4.39 Å². The third-order valence-electron chi connectivity index (χ3n) is 2.24. The summed E-state index contributed by atoms with van der Waals surface area (Å²) in [6, 6.07) is 6.79. The van der Waals surface area contributed by atoms with E-state index in [0.29, 0.717) is 18.1 Å². The Labute approximate surface area is 101 Å². The highest BCUT2D eigenvalue weighted by atomic mass is 19.1. The number of benzene rings is 1. The Kier molecular flexibility index (Phi) is 4.90. The molecule has 0 aliphatic rings. The molecule has 5 heteroatoms. The fourth-order valence-corrected chi connectivity index (χ4v) is 1.45. The second-order valence-electron chi connectivity index (χ2n) is 4.14. The normalized spacial score (nSPS) is 11.8. The van der Waals surface area contributed by atoms with E-state index in [0.717, 1.165) is 0 Å². The molecule has 4 nitrogen and oxygen atoms in total. The Morgan fingerprint density at radius 2 is 2.12 bits per heavy atom. The molecule has 0 bridgehead atoms. The second kappa shape index (κ2) is 6.20. The minimum Gasteiger partial charge on any atom is -0.341 e. The van der Waals surface area contributed by atoms with Gasteiger partial charge in [-0.25, -0.2) is 15.2 Å². The minimum atomic E-state index is -0.222. The molecule has 0 aromatic heterocycles. The summed E-state index contributed by atoms with van der Waals surface area (Å²) < 4.78 is 13.5. The van der Waals surface area contributed by atoms with E-state index < -0.39 is 0 Å². The summed E-state index contributed by atoms with van der Waals surface area (Å²) in [4.78, 5) is 6.08. The van der Waals surface area contributed by atoms with Crippen LogP contribution >= 0.6 is 0 Å². The van der Waals surface area contributed by atoms with E-state index in [1.54, 1.807) is 23.1 Å². The molecule has 1 aromatic rings. The van der Waals surface area contributed by atoms with Crippen molar-refractivity contribution in [1.29, 1.82) is 0 Å². The number of hydrogen-bond donors (Lipinski definition) is 2. The van der Waals surface area contributed by atoms with Gasteiger partial charge in [-0.15, -0.1) is 0 Å². The number of nitrogens with one attached hydrogen (secondary N) is 1. The van der Waals surface area contributed by atoms with Crippen LogP contribution in [0.1, 0.15) is 19.4 Å². The maximum absolute atomic E-state index is 13.5. The fraction of sp³-hybridized carbons (Fsp3) is 0.417. The molecule has 0 unspecified atom stereocenters. The van der Waals surface area contributed by atoms with E-state index in [1.165, 1.54) is 6.07 Å². The van der Waals surface area contributed by atoms with Gasteiger partial charge in [-0.3, -0.25) is 5.43 Å². The number of hydrogen-bond acceptors (Lipinski definition) is 2. The molecule has 0 fully saturated rings. The fourth-order valence-electron chi connectivity index (χ4n) is 1.45. The van der Waals surface area contributed by atoms with Crippen LogP contribution in [0, 0.1) is 5.82 Å². The van der Waals surface area contributed by atoms with Gasteiger partial charge < -0.3 is 4.90 Å². The van der Waals surface area contributed by atoms with Crippen molar-refractivity contribution < 1.29 is 4.39 Å². The van der Waals surface area contributed by atoms with E-state index in [1.807, 2.05) is 20.9 Å². The third kappa shape index (κ3) is 4.03. The number of aliphatic imine (C=N–C) groups is 1. The van der Waals surface area contributed by atoms with E-state index >= 15 is 0 Å². The van der Waals surface area contributed by atoms with Crippen LogP contribution in [0.4, 0.5) is 4.39 Å². The predicted octanol–water partition coefficient (Wildman–Crippen LogP) is 1.49. The van der Waals surface area contributed by atoms with Gasteiger partial charge in [0.1, 0.15) is 5.82 Å². The second-order valence-corrected chi connectivity index (χ2v) is 4.14. The van der Waals surface area contributed by atoms with Gasteiger partial charge in [-0.05, 0) is 19.9 Å². The van der Waals surface area contributed by atoms with Crippen molar-refractivity contribution in [2.75, 3.05) is 7.05 Å². The van der Waals surface area contributed by atoms with Crippen LogP contribution in [0.5, 0.6) is 0 Å². The number of guanidine groups is 1. The molecule has 0 saturated heterocycles. The number of halogens is 1. The minimum absolute atomic E-state index is 0.129. The van der Waals surface area contributed by atoms with Crippen LogP contribution in [0.25, 0.3) is 0 Å². The Balaban J connectivity index is 2.78. The molecule has 17 heavy (non-hydrogen) atoms. The molecule has 0 saturated carbocycles. The number of nitrogens with zero attached hydrogens (tertiary/aromatic N) is 2. The van der Waals surface area contributed by atoms with E-state index in [2.05, 4.69) is 10.4 Å². The Bertz CT molecular complexity index is 390. The van der Waals surface area contributed by atoms with Gasteiger partial charge in [0.15, 0.2) is 0 Å². The zero-order valence-corrected chi connectivity index (χ0v) is 10.4. The van der Waals surface area contributed by atoms with Crippen LogP contribution in [0.2, 0.25) is 0 Å². The lowest BCUT2D eigenvalue weighted by molar-refractivity contribution is 0.458. The third-order valence-corrected chi connectivity index (χ3v) is 2.24. The first kappa shape index (κ1) is 13.4. The Hall–Kier alpha value is -1.62. The van der Waals surface area contributed by atoms with E-state index in [-0.39, 0.29) is 11.9 Å². The monoisotopic (exact) mass is 238 g/mol. The molecule has 94 valence electrons. The average Bonchev–Trinajstić information content (AvgIpc) is 2.28. The van der Waals surface area contributed by atoms with Crippen LogP contribution in [0.15, 0.2) is 29.3 Å². The number of nitrogens with two attached hydrogens (primary N) is 1. The summed E-state index contributed by atoms with van der Waals surface area (Å²) in [7, 11) is 1.81. The summed E-state index contributed by atoms with van der Waals surface area (Å²) in [5.41, 5.74) is 3.14. The standard InChI is InChI=1S/C12H19FN4/c1-9(2)15-12(16-14)17(3)8-10-6-4-5-7-11(10)13/h4-7,9H,8,14H2,1-3H3,(H,15,16). The van der Waals surface area contributed by atoms with Gasteiger partial charge in [0, 0.05) is 25.2 Å². The van der Waals surface area contributed by atoms with Crippen LogP contribution in [-0.2, 0) is 6.54 Å². The first-order chi connectivity index (χ1) is 8.04. The quantitative estimate of drug-likeness (QED) is 0.363. The molecule has 0 spiro atoms. The smallest absolute Gasteiger partial charge is 0.208 e. The summed E-state index contributed by atoms with van der Waals surface area (Å²) in [6.07, 6.45) is 0. The molecule has 0 atom stereocenters. The molecule has 0 aliphatic carbocycles. The largest absolute Gasteiger partial charge is 0.341 e. The van der Waals surface area contributed by atoms with Crippen LogP contribution in [-0.4, -0.2) is 23.9 Å². The molecule has 0 heterocycles. The molecule has 3 N–H and O–H groups in total. The maximum Gasteiger partial charge on any atom is 0.208 e. The molecule has 1 rings (SSSR count). The van der Waals surface area contributed by atoms with Gasteiger partial charge >= 0.3 is 0 Å². The summed E-state index contributed by atoms with van der Waals surface area (Å²) in [6.45, 7) is 4.32. The predicted molar refractivity (Wildman–Crippen MR) is 67.8 cm³/mol. The molecular weight excluding hydrogens is 219 g/mol. The molecule has 0 amide bonds. The summed E-state index contributed by atoms with van der Waals surface area (Å²) in [5, 5.41) is 0. The molecule has 0 aliphatic heterocycles. The van der Waals surface area contributed by atoms with Crippen LogP contribution < -0.4 is 11.3 Å². The van der Waals surface area contributed by atoms with Gasteiger partial charge in [0.2, 0.25) is 5.96 Å². The van der Waals surface area contributed by atoms with Crippen molar-refractivity contribution >= 4 is 5.96 Å². The first-order valence-electron chi connectivity index (χ1n) is 5.53. The molecular formula is C12H19FN4. The molecule has 1 aromatic carbocycles. The highest BCUT2D eigenvalue weighted by Gasteiger charge is 2.09. The highest BCUT2D eigenvalue weighted by Crippen LogP contribution is 2.08. The summed E-state index contributed by atoms with van der Waals surface area (Å²) in [5.74, 6) is 5.72. The van der Waals surface area contributed by atoms with E-state index in [4.69, 9.17) is 5.84 Å². The van der Waals surface area contributed by atoms with Crippen molar-refractivity contribution in [2.24, 2.45) is 10.8 Å². The van der Waals surface area contributed by atoms with Crippen LogP contribution in [0.3, 0.4) is 0 Å². The highest BCUT2D eigenvalue weighted by molar-refractivity contribution is 5.79. The van der Waals surface area contributed by atoms with Crippen molar-refractivity contribution in [2.45, 2.75) is 26.4 Å². The zero-order valence-electron chi connectivity index (χ0n) is 10.4. The van der Waals surface area contributed by atoms with Gasteiger partial charge in [-0.2, -0.15) is 0 Å². The van der Waals surface area contributed by atoms with Crippen molar-refractivity contribution in [3.63, 3.8) is 0 Å². The Morgan fingerprint density at radius 3 is 2.65 bits per heavy atom. The first-order valence-corrected chi connectivity index (χ1v) is 5.53.